The highest BCUT2D eigenvalue weighted by molar-refractivity contribution is 8.00. The van der Waals surface area contributed by atoms with Gasteiger partial charge in [-0.1, -0.05) is 29.8 Å². The molecule has 2 heterocycles. The predicted molar refractivity (Wildman–Crippen MR) is 111 cm³/mol. The Morgan fingerprint density at radius 3 is 2.78 bits per heavy atom. The van der Waals surface area contributed by atoms with E-state index in [9.17, 15) is 9.59 Å². The van der Waals surface area contributed by atoms with Crippen molar-refractivity contribution in [3.63, 3.8) is 0 Å². The molecule has 1 N–H and O–H groups in total. The van der Waals surface area contributed by atoms with E-state index in [0.29, 0.717) is 16.1 Å². The van der Waals surface area contributed by atoms with E-state index < -0.39 is 0 Å². The Bertz CT molecular complexity index is 897. The van der Waals surface area contributed by atoms with Crippen molar-refractivity contribution >= 4 is 39.8 Å². The molecule has 140 valence electrons. The molecule has 0 saturated heterocycles. The minimum atomic E-state index is -0.180. The number of benzene rings is 1. The first-order chi connectivity index (χ1) is 13.0. The second-order valence-electron chi connectivity index (χ2n) is 6.59. The van der Waals surface area contributed by atoms with Gasteiger partial charge in [0.15, 0.2) is 5.78 Å². The molecule has 0 bridgehead atoms. The number of hydrogen-bond acceptors (Lipinski definition) is 6. The van der Waals surface area contributed by atoms with Crippen molar-refractivity contribution in [1.82, 2.24) is 4.90 Å². The molecule has 7 heteroatoms. The highest BCUT2D eigenvalue weighted by Crippen LogP contribution is 2.38. The van der Waals surface area contributed by atoms with Crippen LogP contribution < -0.4 is 5.32 Å². The topological polar surface area (TPSA) is 73.2 Å². The van der Waals surface area contributed by atoms with Crippen molar-refractivity contribution in [2.45, 2.75) is 19.9 Å². The molecule has 0 aliphatic carbocycles. The number of ketones is 1. The predicted octanol–water partition coefficient (Wildman–Crippen LogP) is 3.47. The summed E-state index contributed by atoms with van der Waals surface area (Å²) in [5.74, 6) is 0.250. The summed E-state index contributed by atoms with van der Waals surface area (Å²) in [4.78, 5) is 28.8. The quantitative estimate of drug-likeness (QED) is 0.595. The van der Waals surface area contributed by atoms with E-state index in [0.717, 1.165) is 35.5 Å². The van der Waals surface area contributed by atoms with Gasteiger partial charge in [-0.2, -0.15) is 5.26 Å². The fraction of sp³-hybridized carbons (Fsp3) is 0.350. The molecule has 2 aromatic rings. The molecule has 0 saturated carbocycles. The van der Waals surface area contributed by atoms with E-state index >= 15 is 0 Å². The summed E-state index contributed by atoms with van der Waals surface area (Å²) in [5.41, 5.74) is 3.42. The average molecular weight is 400 g/mol. The van der Waals surface area contributed by atoms with Crippen molar-refractivity contribution in [2.24, 2.45) is 0 Å². The number of carbonyl (C=O) groups is 2. The van der Waals surface area contributed by atoms with Crippen molar-refractivity contribution in [2.75, 3.05) is 30.4 Å². The Morgan fingerprint density at radius 2 is 2.07 bits per heavy atom. The zero-order valence-electron chi connectivity index (χ0n) is 15.4. The molecule has 0 radical (unpaired) electrons. The standard InChI is InChI=1S/C20H21N3O2S2/c1-13-3-5-14(6-4-13)19(25)18-15-7-9-23(2)11-16(15)27-20(18)22-17(24)12-26-10-8-21/h3-6H,7,9-12H2,1-2H3,(H,22,24). The van der Waals surface area contributed by atoms with Gasteiger partial charge in [-0.25, -0.2) is 0 Å². The molecule has 1 aromatic heterocycles. The fourth-order valence-electron chi connectivity index (χ4n) is 3.06. The van der Waals surface area contributed by atoms with Gasteiger partial charge < -0.3 is 10.2 Å². The zero-order valence-corrected chi connectivity index (χ0v) is 17.0. The Labute approximate surface area is 167 Å². The van der Waals surface area contributed by atoms with Gasteiger partial charge in [0.1, 0.15) is 5.00 Å². The third-order valence-corrected chi connectivity index (χ3v) is 6.37. The van der Waals surface area contributed by atoms with Gasteiger partial charge >= 0.3 is 0 Å². The van der Waals surface area contributed by atoms with Gasteiger partial charge in [0.2, 0.25) is 5.91 Å². The first-order valence-electron chi connectivity index (χ1n) is 8.68. The van der Waals surface area contributed by atoms with Crippen LogP contribution in [0.3, 0.4) is 0 Å². The van der Waals surface area contributed by atoms with Crippen LogP contribution in [0.5, 0.6) is 0 Å². The third-order valence-electron chi connectivity index (χ3n) is 4.44. The van der Waals surface area contributed by atoms with E-state index in [1.54, 1.807) is 0 Å². The van der Waals surface area contributed by atoms with Crippen LogP contribution >= 0.6 is 23.1 Å². The number of carbonyl (C=O) groups excluding carboxylic acids is 2. The molecule has 1 aliphatic rings. The lowest BCUT2D eigenvalue weighted by Crippen LogP contribution is -2.26. The van der Waals surface area contributed by atoms with Gasteiger partial charge in [-0.15, -0.1) is 23.1 Å². The number of anilines is 1. The normalized spacial score (nSPS) is 13.7. The van der Waals surface area contributed by atoms with Crippen LogP contribution in [0.15, 0.2) is 24.3 Å². The maximum atomic E-state index is 13.2. The number of thiophene rings is 1. The third kappa shape index (κ3) is 4.59. The SMILES string of the molecule is Cc1ccc(C(=O)c2c(NC(=O)CSCC#N)sc3c2CCN(C)C3)cc1. The summed E-state index contributed by atoms with van der Waals surface area (Å²) in [7, 11) is 2.06. The van der Waals surface area contributed by atoms with Gasteiger partial charge in [0.25, 0.3) is 0 Å². The van der Waals surface area contributed by atoms with Crippen molar-refractivity contribution in [1.29, 1.82) is 5.26 Å². The van der Waals surface area contributed by atoms with Gasteiger partial charge in [-0.3, -0.25) is 9.59 Å². The second kappa shape index (κ2) is 8.70. The Morgan fingerprint density at radius 1 is 1.33 bits per heavy atom. The van der Waals surface area contributed by atoms with E-state index in [4.69, 9.17) is 5.26 Å². The van der Waals surface area contributed by atoms with E-state index in [-0.39, 0.29) is 23.2 Å². The molecule has 1 aliphatic heterocycles. The molecule has 1 aromatic carbocycles. The van der Waals surface area contributed by atoms with Crippen LogP contribution in [0.1, 0.15) is 31.9 Å². The molecule has 0 spiro atoms. The molecule has 5 nitrogen and oxygen atoms in total. The number of thioether (sulfide) groups is 1. The lowest BCUT2D eigenvalue weighted by atomic mass is 9.96. The Hall–Kier alpha value is -2.14. The minimum absolute atomic E-state index is 0.0444. The highest BCUT2D eigenvalue weighted by Gasteiger charge is 2.28. The Kier molecular flexibility index (Phi) is 6.32. The van der Waals surface area contributed by atoms with E-state index in [1.165, 1.54) is 23.1 Å². The van der Waals surface area contributed by atoms with Crippen LogP contribution in [0.4, 0.5) is 5.00 Å². The molecule has 0 fully saturated rings. The number of fused-ring (bicyclic) bond motifs is 1. The molecule has 1 amide bonds. The second-order valence-corrected chi connectivity index (χ2v) is 8.68. The number of hydrogen-bond donors (Lipinski definition) is 1. The van der Waals surface area contributed by atoms with Crippen LogP contribution in [-0.4, -0.2) is 41.7 Å². The van der Waals surface area contributed by atoms with Crippen LogP contribution in [-0.2, 0) is 17.8 Å². The van der Waals surface area contributed by atoms with E-state index in [1.807, 2.05) is 37.3 Å². The summed E-state index contributed by atoms with van der Waals surface area (Å²) < 4.78 is 0. The Balaban J connectivity index is 1.92. The molecular weight excluding hydrogens is 378 g/mol. The fourth-order valence-corrected chi connectivity index (χ4v) is 4.85. The number of nitriles is 1. The summed E-state index contributed by atoms with van der Waals surface area (Å²) >= 11 is 2.76. The summed E-state index contributed by atoms with van der Waals surface area (Å²) in [6.07, 6.45) is 0.800. The number of amides is 1. The number of rotatable bonds is 6. The van der Waals surface area contributed by atoms with Crippen molar-refractivity contribution < 1.29 is 9.59 Å². The summed E-state index contributed by atoms with van der Waals surface area (Å²) in [5, 5.41) is 12.2. The number of nitrogens with zero attached hydrogens (tertiary/aromatic N) is 2. The average Bonchev–Trinajstić information content (AvgIpc) is 2.98. The lowest BCUT2D eigenvalue weighted by molar-refractivity contribution is -0.113. The van der Waals surface area contributed by atoms with Gasteiger partial charge in [0, 0.05) is 23.5 Å². The molecule has 0 unspecified atom stereocenters. The van der Waals surface area contributed by atoms with Crippen LogP contribution in [0.25, 0.3) is 0 Å². The zero-order chi connectivity index (χ0) is 19.4. The highest BCUT2D eigenvalue weighted by atomic mass is 32.2. The molecule has 27 heavy (non-hydrogen) atoms. The monoisotopic (exact) mass is 399 g/mol. The van der Waals surface area contributed by atoms with Crippen LogP contribution in [0, 0.1) is 18.3 Å². The van der Waals surface area contributed by atoms with Gasteiger partial charge in [0.05, 0.1) is 23.1 Å². The lowest BCUT2D eigenvalue weighted by Gasteiger charge is -2.22. The number of likely N-dealkylation sites (N-methyl/N-ethyl adjacent to an activating group) is 1. The van der Waals surface area contributed by atoms with Crippen molar-refractivity contribution in [3.8, 4) is 6.07 Å². The maximum Gasteiger partial charge on any atom is 0.235 e. The maximum absolute atomic E-state index is 13.2. The largest absolute Gasteiger partial charge is 0.316 e. The van der Waals surface area contributed by atoms with Crippen molar-refractivity contribution in [3.05, 3.63) is 51.4 Å². The van der Waals surface area contributed by atoms with Crippen LogP contribution in [0.2, 0.25) is 0 Å². The number of aryl methyl sites for hydroxylation is 1. The smallest absolute Gasteiger partial charge is 0.235 e. The molecular formula is C20H21N3O2S2. The first-order valence-corrected chi connectivity index (χ1v) is 10.7. The summed E-state index contributed by atoms with van der Waals surface area (Å²) in [6.45, 7) is 3.66. The van der Waals surface area contributed by atoms with Gasteiger partial charge in [-0.05, 0) is 26.0 Å². The van der Waals surface area contributed by atoms with E-state index in [2.05, 4.69) is 17.3 Å². The number of nitrogens with one attached hydrogen (secondary N) is 1. The molecule has 0 atom stereocenters. The molecule has 3 rings (SSSR count). The minimum Gasteiger partial charge on any atom is -0.316 e. The summed E-state index contributed by atoms with van der Waals surface area (Å²) in [6, 6.07) is 9.54. The first kappa shape index (κ1) is 19.6.